The highest BCUT2D eigenvalue weighted by Gasteiger charge is 2.31. The van der Waals surface area contributed by atoms with E-state index in [1.54, 1.807) is 13.3 Å². The molecule has 6 nitrogen and oxygen atoms in total. The van der Waals surface area contributed by atoms with Crippen LogP contribution in [0.3, 0.4) is 0 Å². The molecule has 0 radical (unpaired) electrons. The van der Waals surface area contributed by atoms with Crippen LogP contribution in [0, 0.1) is 5.92 Å². The van der Waals surface area contributed by atoms with Crippen molar-refractivity contribution in [1.29, 1.82) is 0 Å². The number of pyridine rings is 1. The molecule has 2 atom stereocenters. The number of benzene rings is 1. The Morgan fingerprint density at radius 1 is 1.25 bits per heavy atom. The summed E-state index contributed by atoms with van der Waals surface area (Å²) in [6.07, 6.45) is 3.90. The average Bonchev–Trinajstić information content (AvgIpc) is 2.73. The number of piperidine rings is 1. The predicted octanol–water partition coefficient (Wildman–Crippen LogP) is 2.75. The zero-order valence-electron chi connectivity index (χ0n) is 16.4. The van der Waals surface area contributed by atoms with Gasteiger partial charge in [0, 0.05) is 37.7 Å². The van der Waals surface area contributed by atoms with E-state index in [1.807, 2.05) is 47.4 Å². The fourth-order valence-corrected chi connectivity index (χ4v) is 3.84. The van der Waals surface area contributed by atoms with E-state index in [9.17, 15) is 9.59 Å². The van der Waals surface area contributed by atoms with Crippen LogP contribution in [0.5, 0.6) is 5.75 Å². The van der Waals surface area contributed by atoms with Crippen LogP contribution in [0.4, 0.5) is 0 Å². The molecule has 0 spiro atoms. The molecular weight excluding hydrogens is 354 g/mol. The molecule has 28 heavy (non-hydrogen) atoms. The Hall–Kier alpha value is -2.89. The second-order valence-corrected chi connectivity index (χ2v) is 7.16. The van der Waals surface area contributed by atoms with Crippen molar-refractivity contribution in [3.63, 3.8) is 0 Å². The van der Waals surface area contributed by atoms with Crippen LogP contribution in [0.15, 0.2) is 48.7 Å². The minimum Gasteiger partial charge on any atom is -0.496 e. The van der Waals surface area contributed by atoms with Gasteiger partial charge < -0.3 is 15.0 Å². The van der Waals surface area contributed by atoms with Crippen LogP contribution in [0.25, 0.3) is 0 Å². The van der Waals surface area contributed by atoms with Crippen molar-refractivity contribution < 1.29 is 14.3 Å². The standard InChI is InChI=1S/C22H27N3O3/c1-16(26)24-22(19-10-5-6-12-23-19)18-9-7-13-25(15-18)21(27)14-17-8-3-4-11-20(17)28-2/h3-6,8,10-12,18,22H,7,9,13-15H2,1-2H3,(H,24,26). The van der Waals surface area contributed by atoms with Crippen molar-refractivity contribution in [3.8, 4) is 5.75 Å². The second kappa shape index (κ2) is 9.35. The van der Waals surface area contributed by atoms with Crippen molar-refractivity contribution in [3.05, 3.63) is 59.9 Å². The molecule has 0 saturated carbocycles. The Kier molecular flexibility index (Phi) is 6.63. The van der Waals surface area contributed by atoms with Gasteiger partial charge in [-0.25, -0.2) is 0 Å². The minimum atomic E-state index is -0.194. The Balaban J connectivity index is 1.73. The van der Waals surface area contributed by atoms with E-state index in [4.69, 9.17) is 4.74 Å². The first-order valence-electron chi connectivity index (χ1n) is 9.66. The van der Waals surface area contributed by atoms with Crippen LogP contribution in [-0.2, 0) is 16.0 Å². The molecule has 1 aliphatic heterocycles. The van der Waals surface area contributed by atoms with Gasteiger partial charge in [0.1, 0.15) is 5.75 Å². The molecule has 1 aromatic carbocycles. The fourth-order valence-electron chi connectivity index (χ4n) is 3.84. The number of nitrogens with zero attached hydrogens (tertiary/aromatic N) is 2. The van der Waals surface area contributed by atoms with Crippen molar-refractivity contribution in [2.45, 2.75) is 32.2 Å². The summed E-state index contributed by atoms with van der Waals surface area (Å²) in [4.78, 5) is 31.0. The zero-order valence-corrected chi connectivity index (χ0v) is 16.4. The number of nitrogens with one attached hydrogen (secondary N) is 1. The Morgan fingerprint density at radius 3 is 2.75 bits per heavy atom. The number of ether oxygens (including phenoxy) is 1. The number of hydrogen-bond donors (Lipinski definition) is 1. The van der Waals surface area contributed by atoms with Gasteiger partial charge in [0.15, 0.2) is 0 Å². The van der Waals surface area contributed by atoms with Gasteiger partial charge in [0.2, 0.25) is 11.8 Å². The number of hydrogen-bond acceptors (Lipinski definition) is 4. The summed E-state index contributed by atoms with van der Waals surface area (Å²) in [5, 5.41) is 3.03. The maximum Gasteiger partial charge on any atom is 0.227 e. The first-order chi connectivity index (χ1) is 13.6. The number of aromatic nitrogens is 1. The summed E-state index contributed by atoms with van der Waals surface area (Å²) in [6.45, 7) is 2.86. The fraction of sp³-hybridized carbons (Fsp3) is 0.409. The SMILES string of the molecule is COc1ccccc1CC(=O)N1CCCC(C(NC(C)=O)c2ccccn2)C1. The lowest BCUT2D eigenvalue weighted by atomic mass is 9.88. The zero-order chi connectivity index (χ0) is 19.9. The molecule has 2 heterocycles. The van der Waals surface area contributed by atoms with E-state index < -0.39 is 0 Å². The Labute approximate surface area is 165 Å². The topological polar surface area (TPSA) is 71.5 Å². The monoisotopic (exact) mass is 381 g/mol. The van der Waals surface area contributed by atoms with Gasteiger partial charge in [0.05, 0.1) is 25.3 Å². The first kappa shape index (κ1) is 19.9. The predicted molar refractivity (Wildman–Crippen MR) is 107 cm³/mol. The van der Waals surface area contributed by atoms with E-state index in [1.165, 1.54) is 6.92 Å². The molecule has 2 unspecified atom stereocenters. The molecule has 1 aromatic heterocycles. The van der Waals surface area contributed by atoms with Crippen molar-refractivity contribution in [2.75, 3.05) is 20.2 Å². The van der Waals surface area contributed by atoms with Crippen LogP contribution in [0.1, 0.15) is 37.1 Å². The summed E-state index contributed by atoms with van der Waals surface area (Å²) >= 11 is 0. The smallest absolute Gasteiger partial charge is 0.227 e. The number of carbonyl (C=O) groups excluding carboxylic acids is 2. The summed E-state index contributed by atoms with van der Waals surface area (Å²) < 4.78 is 5.37. The highest BCUT2D eigenvalue weighted by molar-refractivity contribution is 5.79. The van der Waals surface area contributed by atoms with E-state index in [0.29, 0.717) is 13.0 Å². The van der Waals surface area contributed by atoms with Crippen LogP contribution < -0.4 is 10.1 Å². The van der Waals surface area contributed by atoms with Gasteiger partial charge >= 0.3 is 0 Å². The van der Waals surface area contributed by atoms with E-state index in [0.717, 1.165) is 36.4 Å². The Bertz CT molecular complexity index is 810. The van der Waals surface area contributed by atoms with Gasteiger partial charge in [-0.3, -0.25) is 14.6 Å². The van der Waals surface area contributed by atoms with Crippen molar-refractivity contribution >= 4 is 11.8 Å². The maximum atomic E-state index is 12.9. The molecule has 1 N–H and O–H groups in total. The Morgan fingerprint density at radius 2 is 2.04 bits per heavy atom. The largest absolute Gasteiger partial charge is 0.496 e. The highest BCUT2D eigenvalue weighted by atomic mass is 16.5. The number of rotatable bonds is 6. The molecule has 0 bridgehead atoms. The third-order valence-corrected chi connectivity index (χ3v) is 5.18. The van der Waals surface area contributed by atoms with Crippen LogP contribution in [0.2, 0.25) is 0 Å². The van der Waals surface area contributed by atoms with Gasteiger partial charge in [-0.15, -0.1) is 0 Å². The quantitative estimate of drug-likeness (QED) is 0.835. The molecule has 6 heteroatoms. The van der Waals surface area contributed by atoms with Crippen molar-refractivity contribution in [1.82, 2.24) is 15.2 Å². The van der Waals surface area contributed by atoms with Gasteiger partial charge in [-0.2, -0.15) is 0 Å². The molecular formula is C22H27N3O3. The molecule has 0 aliphatic carbocycles. The number of carbonyl (C=O) groups is 2. The molecule has 148 valence electrons. The summed E-state index contributed by atoms with van der Waals surface area (Å²) in [5.41, 5.74) is 1.72. The highest BCUT2D eigenvalue weighted by Crippen LogP contribution is 2.29. The van der Waals surface area contributed by atoms with E-state index >= 15 is 0 Å². The lowest BCUT2D eigenvalue weighted by Crippen LogP contribution is -2.45. The normalized spacial score (nSPS) is 17.6. The summed E-state index contributed by atoms with van der Waals surface area (Å²) in [7, 11) is 1.62. The molecule has 1 fully saturated rings. The molecule has 2 aromatic rings. The summed E-state index contributed by atoms with van der Waals surface area (Å²) in [6, 6.07) is 13.1. The lowest BCUT2D eigenvalue weighted by Gasteiger charge is -2.37. The second-order valence-electron chi connectivity index (χ2n) is 7.16. The summed E-state index contributed by atoms with van der Waals surface area (Å²) in [5.74, 6) is 0.855. The number of amides is 2. The van der Waals surface area contributed by atoms with Gasteiger partial charge in [0.25, 0.3) is 0 Å². The first-order valence-corrected chi connectivity index (χ1v) is 9.66. The van der Waals surface area contributed by atoms with E-state index in [-0.39, 0.29) is 23.8 Å². The van der Waals surface area contributed by atoms with E-state index in [2.05, 4.69) is 10.3 Å². The minimum absolute atomic E-state index is 0.0804. The molecule has 1 aliphatic rings. The number of methoxy groups -OCH3 is 1. The van der Waals surface area contributed by atoms with Crippen LogP contribution in [-0.4, -0.2) is 41.9 Å². The maximum absolute atomic E-state index is 12.9. The molecule has 3 rings (SSSR count). The third-order valence-electron chi connectivity index (χ3n) is 5.18. The third kappa shape index (κ3) is 4.88. The average molecular weight is 381 g/mol. The van der Waals surface area contributed by atoms with Crippen molar-refractivity contribution in [2.24, 2.45) is 5.92 Å². The van der Waals surface area contributed by atoms with Crippen LogP contribution >= 0.6 is 0 Å². The number of para-hydroxylation sites is 1. The molecule has 1 saturated heterocycles. The lowest BCUT2D eigenvalue weighted by molar-refractivity contribution is -0.132. The van der Waals surface area contributed by atoms with Gasteiger partial charge in [-0.05, 0) is 31.0 Å². The number of likely N-dealkylation sites (tertiary alicyclic amines) is 1. The molecule has 2 amide bonds. The van der Waals surface area contributed by atoms with Gasteiger partial charge in [-0.1, -0.05) is 24.3 Å².